The second-order valence-corrected chi connectivity index (χ2v) is 6.20. The molecule has 0 spiro atoms. The van der Waals surface area contributed by atoms with E-state index in [4.69, 9.17) is 9.47 Å². The molecule has 3 nitrogen and oxygen atoms in total. The molecule has 0 saturated heterocycles. The molecule has 3 unspecified atom stereocenters. The van der Waals surface area contributed by atoms with Gasteiger partial charge in [0.05, 0.1) is 18.3 Å². The van der Waals surface area contributed by atoms with Gasteiger partial charge in [-0.05, 0) is 44.4 Å². The van der Waals surface area contributed by atoms with Crippen LogP contribution in [0.5, 0.6) is 0 Å². The van der Waals surface area contributed by atoms with Gasteiger partial charge in [-0.2, -0.15) is 0 Å². The highest BCUT2D eigenvalue weighted by Crippen LogP contribution is 2.31. The van der Waals surface area contributed by atoms with Crippen LogP contribution in [0.2, 0.25) is 0 Å². The molecule has 0 aromatic heterocycles. The van der Waals surface area contributed by atoms with Crippen molar-refractivity contribution in [3.63, 3.8) is 0 Å². The number of ether oxygens (including phenoxy) is 2. The van der Waals surface area contributed by atoms with Gasteiger partial charge in [0.15, 0.2) is 0 Å². The van der Waals surface area contributed by atoms with E-state index in [0.717, 1.165) is 30.3 Å². The van der Waals surface area contributed by atoms with E-state index in [1.807, 2.05) is 13.1 Å². The summed E-state index contributed by atoms with van der Waals surface area (Å²) in [6, 6.07) is 8.29. The van der Waals surface area contributed by atoms with Crippen molar-refractivity contribution in [1.29, 1.82) is 0 Å². The van der Waals surface area contributed by atoms with Gasteiger partial charge in [0.2, 0.25) is 0 Å². The maximum Gasteiger partial charge on any atom is 0.0963 e. The van der Waals surface area contributed by atoms with E-state index >= 15 is 0 Å². The Hall–Kier alpha value is -0.420. The number of nitrogens with one attached hydrogen (secondary N) is 1. The molecular weight excluding hydrogens is 318 g/mol. The summed E-state index contributed by atoms with van der Waals surface area (Å²) < 4.78 is 13.0. The van der Waals surface area contributed by atoms with Crippen molar-refractivity contribution in [2.45, 2.75) is 44.0 Å². The van der Waals surface area contributed by atoms with Gasteiger partial charge in [-0.25, -0.2) is 0 Å². The fourth-order valence-electron chi connectivity index (χ4n) is 2.83. The average molecular weight is 342 g/mol. The highest BCUT2D eigenvalue weighted by atomic mass is 79.9. The highest BCUT2D eigenvalue weighted by Gasteiger charge is 2.26. The lowest BCUT2D eigenvalue weighted by molar-refractivity contribution is -0.0653. The van der Waals surface area contributed by atoms with Crippen molar-refractivity contribution in [2.75, 3.05) is 20.7 Å². The van der Waals surface area contributed by atoms with E-state index in [0.29, 0.717) is 12.2 Å². The van der Waals surface area contributed by atoms with Crippen LogP contribution in [0.4, 0.5) is 0 Å². The Bertz CT molecular complexity index is 413. The first-order valence-corrected chi connectivity index (χ1v) is 8.11. The summed E-state index contributed by atoms with van der Waals surface area (Å²) in [5.41, 5.74) is 1.21. The lowest BCUT2D eigenvalue weighted by atomic mass is 9.94. The predicted octanol–water partition coefficient (Wildman–Crippen LogP) is 3.68. The molecule has 20 heavy (non-hydrogen) atoms. The topological polar surface area (TPSA) is 30.5 Å². The Morgan fingerprint density at radius 2 is 2.05 bits per heavy atom. The molecule has 1 aliphatic rings. The summed E-state index contributed by atoms with van der Waals surface area (Å²) in [5.74, 6) is 0. The van der Waals surface area contributed by atoms with Crippen LogP contribution in [-0.4, -0.2) is 32.9 Å². The van der Waals surface area contributed by atoms with Crippen LogP contribution in [0, 0.1) is 0 Å². The first kappa shape index (κ1) is 16.0. The monoisotopic (exact) mass is 341 g/mol. The number of likely N-dealkylation sites (N-methyl/N-ethyl adjacent to an activating group) is 1. The fourth-order valence-corrected chi connectivity index (χ4v) is 3.37. The first-order valence-electron chi connectivity index (χ1n) is 7.32. The zero-order valence-corrected chi connectivity index (χ0v) is 13.9. The third-order valence-corrected chi connectivity index (χ3v) is 4.63. The summed E-state index contributed by atoms with van der Waals surface area (Å²) >= 11 is 3.62. The van der Waals surface area contributed by atoms with Gasteiger partial charge < -0.3 is 14.8 Å². The molecule has 0 aliphatic heterocycles. The molecule has 1 aromatic rings. The van der Waals surface area contributed by atoms with Crippen LogP contribution in [0.3, 0.4) is 0 Å². The zero-order valence-electron chi connectivity index (χ0n) is 12.3. The molecule has 0 radical (unpaired) electrons. The Kier molecular flexibility index (Phi) is 6.49. The van der Waals surface area contributed by atoms with Crippen LogP contribution >= 0.6 is 15.9 Å². The maximum atomic E-state index is 6.36. The van der Waals surface area contributed by atoms with Gasteiger partial charge in [0.25, 0.3) is 0 Å². The van der Waals surface area contributed by atoms with Crippen LogP contribution < -0.4 is 5.32 Å². The van der Waals surface area contributed by atoms with Crippen molar-refractivity contribution in [3.8, 4) is 0 Å². The second kappa shape index (κ2) is 8.13. The summed E-state index contributed by atoms with van der Waals surface area (Å²) in [6.45, 7) is 0.816. The van der Waals surface area contributed by atoms with E-state index in [1.165, 1.54) is 12.0 Å². The summed E-state index contributed by atoms with van der Waals surface area (Å²) in [7, 11) is 3.76. The minimum Gasteiger partial charge on any atom is -0.381 e. The fraction of sp³-hybridized carbons (Fsp3) is 0.625. The van der Waals surface area contributed by atoms with Crippen molar-refractivity contribution < 1.29 is 9.47 Å². The quantitative estimate of drug-likeness (QED) is 0.855. The number of hydrogen-bond acceptors (Lipinski definition) is 3. The van der Waals surface area contributed by atoms with Crippen molar-refractivity contribution in [2.24, 2.45) is 0 Å². The van der Waals surface area contributed by atoms with Gasteiger partial charge in [-0.15, -0.1) is 0 Å². The van der Waals surface area contributed by atoms with E-state index in [1.54, 1.807) is 7.11 Å². The van der Waals surface area contributed by atoms with Crippen LogP contribution in [0.1, 0.15) is 37.4 Å². The van der Waals surface area contributed by atoms with Gasteiger partial charge in [-0.3, -0.25) is 0 Å². The Morgan fingerprint density at radius 1 is 1.30 bits per heavy atom. The predicted molar refractivity (Wildman–Crippen MR) is 84.9 cm³/mol. The molecule has 1 N–H and O–H groups in total. The average Bonchev–Trinajstić information content (AvgIpc) is 2.47. The number of benzene rings is 1. The second-order valence-electron chi connectivity index (χ2n) is 5.35. The molecule has 1 aromatic carbocycles. The molecule has 0 heterocycles. The SMILES string of the molecule is CNCC(OC1CCCC(OC)C1)c1ccccc1Br. The first-order chi connectivity index (χ1) is 9.74. The largest absolute Gasteiger partial charge is 0.381 e. The Labute approximate surface area is 130 Å². The molecule has 4 heteroatoms. The third-order valence-electron chi connectivity index (χ3n) is 3.91. The molecule has 1 aliphatic carbocycles. The van der Waals surface area contributed by atoms with Gasteiger partial charge in [0, 0.05) is 18.1 Å². The molecule has 1 fully saturated rings. The Morgan fingerprint density at radius 3 is 2.75 bits per heavy atom. The van der Waals surface area contributed by atoms with Gasteiger partial charge in [-0.1, -0.05) is 34.1 Å². The minimum atomic E-state index is 0.0798. The van der Waals surface area contributed by atoms with Crippen LogP contribution in [0.25, 0.3) is 0 Å². The zero-order chi connectivity index (χ0) is 14.4. The van der Waals surface area contributed by atoms with Gasteiger partial charge in [0.1, 0.15) is 0 Å². The molecule has 1 saturated carbocycles. The standard InChI is InChI=1S/C16H24BrNO2/c1-18-11-16(14-8-3-4-9-15(14)17)20-13-7-5-6-12(10-13)19-2/h3-4,8-9,12-13,16,18H,5-7,10-11H2,1-2H3. The Balaban J connectivity index is 2.04. The molecular formula is C16H24BrNO2. The highest BCUT2D eigenvalue weighted by molar-refractivity contribution is 9.10. The van der Waals surface area contributed by atoms with Crippen LogP contribution in [0.15, 0.2) is 28.7 Å². The molecule has 112 valence electrons. The van der Waals surface area contributed by atoms with E-state index < -0.39 is 0 Å². The lowest BCUT2D eigenvalue weighted by Crippen LogP contribution is -2.31. The number of halogens is 1. The summed E-state index contributed by atoms with van der Waals surface area (Å²) in [5, 5.41) is 3.23. The van der Waals surface area contributed by atoms with E-state index in [9.17, 15) is 0 Å². The number of hydrogen-bond donors (Lipinski definition) is 1. The number of methoxy groups -OCH3 is 1. The van der Waals surface area contributed by atoms with Crippen molar-refractivity contribution in [1.82, 2.24) is 5.32 Å². The van der Waals surface area contributed by atoms with Crippen molar-refractivity contribution in [3.05, 3.63) is 34.3 Å². The normalized spacial score (nSPS) is 24.6. The van der Waals surface area contributed by atoms with E-state index in [2.05, 4.69) is 39.4 Å². The van der Waals surface area contributed by atoms with Crippen LogP contribution in [-0.2, 0) is 9.47 Å². The summed E-state index contributed by atoms with van der Waals surface area (Å²) in [6.07, 6.45) is 5.19. The lowest BCUT2D eigenvalue weighted by Gasteiger charge is -2.32. The maximum absolute atomic E-state index is 6.36. The third kappa shape index (κ3) is 4.29. The molecule has 2 rings (SSSR count). The van der Waals surface area contributed by atoms with Gasteiger partial charge >= 0.3 is 0 Å². The van der Waals surface area contributed by atoms with E-state index in [-0.39, 0.29) is 6.10 Å². The molecule has 0 amide bonds. The molecule has 0 bridgehead atoms. The molecule has 3 atom stereocenters. The minimum absolute atomic E-state index is 0.0798. The summed E-state index contributed by atoms with van der Waals surface area (Å²) in [4.78, 5) is 0. The smallest absolute Gasteiger partial charge is 0.0963 e. The number of rotatable bonds is 6. The van der Waals surface area contributed by atoms with Crippen molar-refractivity contribution >= 4 is 15.9 Å².